The SMILES string of the molecule is CC1=NN=C(c2ccc(N)cc2)c2cc3c(cc2C1)OCO3.Cl.Cl. The maximum atomic E-state index is 5.77. The minimum absolute atomic E-state index is 0. The summed E-state index contributed by atoms with van der Waals surface area (Å²) in [5.74, 6) is 1.53. The lowest BCUT2D eigenvalue weighted by molar-refractivity contribution is 0.174. The second-order valence-corrected chi connectivity index (χ2v) is 5.45. The molecule has 0 fully saturated rings. The average molecular weight is 366 g/mol. The summed E-state index contributed by atoms with van der Waals surface area (Å²) in [7, 11) is 0. The van der Waals surface area contributed by atoms with Crippen molar-refractivity contribution in [3.05, 3.63) is 53.1 Å². The number of nitrogens with zero attached hydrogens (tertiary/aromatic N) is 2. The van der Waals surface area contributed by atoms with Crippen LogP contribution in [0.2, 0.25) is 0 Å². The van der Waals surface area contributed by atoms with Crippen molar-refractivity contribution in [2.75, 3.05) is 12.5 Å². The minimum atomic E-state index is 0. The third-order valence-electron chi connectivity index (χ3n) is 3.80. The highest BCUT2D eigenvalue weighted by Gasteiger charge is 2.22. The molecular formula is C17H17Cl2N3O2. The lowest BCUT2D eigenvalue weighted by Crippen LogP contribution is -2.07. The van der Waals surface area contributed by atoms with Crippen LogP contribution in [0.3, 0.4) is 0 Å². The molecule has 0 aliphatic carbocycles. The van der Waals surface area contributed by atoms with E-state index in [0.717, 1.165) is 51.7 Å². The minimum Gasteiger partial charge on any atom is -0.454 e. The highest BCUT2D eigenvalue weighted by Crippen LogP contribution is 2.36. The zero-order chi connectivity index (χ0) is 15.1. The van der Waals surface area contributed by atoms with Crippen molar-refractivity contribution in [3.63, 3.8) is 0 Å². The van der Waals surface area contributed by atoms with Crippen LogP contribution in [0.1, 0.15) is 23.6 Å². The molecule has 2 heterocycles. The molecule has 0 bridgehead atoms. The van der Waals surface area contributed by atoms with Gasteiger partial charge in [-0.15, -0.1) is 29.9 Å². The van der Waals surface area contributed by atoms with Crippen LogP contribution >= 0.6 is 24.8 Å². The molecule has 0 amide bonds. The van der Waals surface area contributed by atoms with Crippen molar-refractivity contribution < 1.29 is 9.47 Å². The van der Waals surface area contributed by atoms with E-state index in [4.69, 9.17) is 15.2 Å². The van der Waals surface area contributed by atoms with Crippen LogP contribution in [0.25, 0.3) is 0 Å². The number of hydrogen-bond acceptors (Lipinski definition) is 5. The molecule has 2 aliphatic rings. The quantitative estimate of drug-likeness (QED) is 0.784. The number of ether oxygens (including phenoxy) is 2. The number of fused-ring (bicyclic) bond motifs is 2. The molecule has 0 spiro atoms. The van der Waals surface area contributed by atoms with Gasteiger partial charge in [0.1, 0.15) is 5.71 Å². The molecular weight excluding hydrogens is 349 g/mol. The van der Waals surface area contributed by atoms with Crippen LogP contribution < -0.4 is 15.2 Å². The van der Waals surface area contributed by atoms with Gasteiger partial charge in [0.25, 0.3) is 0 Å². The fourth-order valence-corrected chi connectivity index (χ4v) is 2.71. The Morgan fingerprint density at radius 2 is 1.62 bits per heavy atom. The van der Waals surface area contributed by atoms with E-state index < -0.39 is 0 Å². The Hall–Kier alpha value is -2.24. The van der Waals surface area contributed by atoms with Gasteiger partial charge >= 0.3 is 0 Å². The Kier molecular flexibility index (Phi) is 5.36. The zero-order valence-electron chi connectivity index (χ0n) is 13.0. The molecule has 126 valence electrons. The Morgan fingerprint density at radius 3 is 2.33 bits per heavy atom. The Morgan fingerprint density at radius 1 is 0.958 bits per heavy atom. The molecule has 2 aromatic carbocycles. The van der Waals surface area contributed by atoms with Crippen molar-refractivity contribution in [2.45, 2.75) is 13.3 Å². The predicted octanol–water partition coefficient (Wildman–Crippen LogP) is 3.61. The standard InChI is InChI=1S/C17H15N3O2.2ClH/c1-10-6-12-7-15-16(22-9-21-15)8-14(12)17(20-19-10)11-2-4-13(18)5-3-11;;/h2-5,7-8H,6,9,18H2,1H3;2*1H. The summed E-state index contributed by atoms with van der Waals surface area (Å²) in [5, 5.41) is 8.75. The monoisotopic (exact) mass is 365 g/mol. The van der Waals surface area contributed by atoms with Gasteiger partial charge in [-0.2, -0.15) is 5.10 Å². The van der Waals surface area contributed by atoms with Gasteiger partial charge in [-0.1, -0.05) is 12.1 Å². The van der Waals surface area contributed by atoms with Gasteiger partial charge in [0.15, 0.2) is 11.5 Å². The molecule has 5 nitrogen and oxygen atoms in total. The van der Waals surface area contributed by atoms with Crippen molar-refractivity contribution in [1.82, 2.24) is 0 Å². The van der Waals surface area contributed by atoms with Crippen molar-refractivity contribution in [1.29, 1.82) is 0 Å². The highest BCUT2D eigenvalue weighted by atomic mass is 35.5. The summed E-state index contributed by atoms with van der Waals surface area (Å²) in [6.07, 6.45) is 0.744. The van der Waals surface area contributed by atoms with Gasteiger partial charge in [-0.05, 0) is 36.8 Å². The Balaban J connectivity index is 0.00000104. The number of nitrogen functional groups attached to an aromatic ring is 1. The molecule has 0 atom stereocenters. The van der Waals surface area contributed by atoms with Crippen LogP contribution in [0, 0.1) is 0 Å². The van der Waals surface area contributed by atoms with E-state index in [2.05, 4.69) is 10.2 Å². The van der Waals surface area contributed by atoms with Crippen LogP contribution in [0.5, 0.6) is 11.5 Å². The number of anilines is 1. The zero-order valence-corrected chi connectivity index (χ0v) is 14.6. The summed E-state index contributed by atoms with van der Waals surface area (Å²) in [4.78, 5) is 0. The number of benzene rings is 2. The van der Waals surface area contributed by atoms with E-state index in [1.165, 1.54) is 0 Å². The van der Waals surface area contributed by atoms with Crippen LogP contribution in [-0.2, 0) is 6.42 Å². The number of nitrogens with two attached hydrogens (primary N) is 1. The second-order valence-electron chi connectivity index (χ2n) is 5.45. The normalized spacial score (nSPS) is 14.4. The van der Waals surface area contributed by atoms with Crippen molar-refractivity contribution in [2.24, 2.45) is 10.2 Å². The van der Waals surface area contributed by atoms with E-state index in [0.29, 0.717) is 0 Å². The molecule has 4 rings (SSSR count). The fourth-order valence-electron chi connectivity index (χ4n) is 2.71. The van der Waals surface area contributed by atoms with Gasteiger partial charge in [0.2, 0.25) is 6.79 Å². The summed E-state index contributed by atoms with van der Waals surface area (Å²) in [5.41, 5.74) is 11.4. The summed E-state index contributed by atoms with van der Waals surface area (Å²) in [6, 6.07) is 11.7. The topological polar surface area (TPSA) is 69.2 Å². The molecule has 0 aromatic heterocycles. The molecule has 24 heavy (non-hydrogen) atoms. The van der Waals surface area contributed by atoms with E-state index in [1.807, 2.05) is 43.3 Å². The van der Waals surface area contributed by atoms with E-state index in [1.54, 1.807) is 0 Å². The number of hydrogen-bond donors (Lipinski definition) is 1. The average Bonchev–Trinajstić information content (AvgIpc) is 2.89. The lowest BCUT2D eigenvalue weighted by Gasteiger charge is -2.11. The predicted molar refractivity (Wildman–Crippen MR) is 100 cm³/mol. The summed E-state index contributed by atoms with van der Waals surface area (Å²) >= 11 is 0. The largest absolute Gasteiger partial charge is 0.454 e. The molecule has 7 heteroatoms. The van der Waals surface area contributed by atoms with E-state index in [9.17, 15) is 0 Å². The van der Waals surface area contributed by atoms with Gasteiger partial charge in [0.05, 0.1) is 0 Å². The van der Waals surface area contributed by atoms with Gasteiger partial charge in [-0.3, -0.25) is 0 Å². The van der Waals surface area contributed by atoms with Crippen molar-refractivity contribution >= 4 is 41.9 Å². The van der Waals surface area contributed by atoms with Gasteiger partial charge in [-0.25, -0.2) is 0 Å². The summed E-state index contributed by atoms with van der Waals surface area (Å²) < 4.78 is 11.0. The first-order chi connectivity index (χ1) is 10.7. The summed E-state index contributed by atoms with van der Waals surface area (Å²) in [6.45, 7) is 2.24. The fraction of sp³-hybridized carbons (Fsp3) is 0.176. The smallest absolute Gasteiger partial charge is 0.231 e. The molecule has 0 unspecified atom stereocenters. The maximum absolute atomic E-state index is 5.77. The van der Waals surface area contributed by atoms with Crippen LogP contribution in [0.15, 0.2) is 46.6 Å². The number of rotatable bonds is 1. The van der Waals surface area contributed by atoms with Gasteiger partial charge < -0.3 is 15.2 Å². The second kappa shape index (κ2) is 7.11. The van der Waals surface area contributed by atoms with Gasteiger partial charge in [0, 0.05) is 28.9 Å². The third-order valence-corrected chi connectivity index (χ3v) is 3.80. The molecule has 2 N–H and O–H groups in total. The third kappa shape index (κ3) is 3.18. The highest BCUT2D eigenvalue weighted by molar-refractivity contribution is 6.15. The van der Waals surface area contributed by atoms with Crippen LogP contribution in [-0.4, -0.2) is 18.2 Å². The van der Waals surface area contributed by atoms with E-state index >= 15 is 0 Å². The van der Waals surface area contributed by atoms with Crippen LogP contribution in [0.4, 0.5) is 5.69 Å². The lowest BCUT2D eigenvalue weighted by atomic mass is 9.94. The maximum Gasteiger partial charge on any atom is 0.231 e. The first-order valence-corrected chi connectivity index (χ1v) is 7.10. The number of halogens is 2. The van der Waals surface area contributed by atoms with E-state index in [-0.39, 0.29) is 31.6 Å². The van der Waals surface area contributed by atoms with Crippen molar-refractivity contribution in [3.8, 4) is 11.5 Å². The first-order valence-electron chi connectivity index (χ1n) is 7.10. The Labute approximate surface area is 152 Å². The molecule has 0 radical (unpaired) electrons. The molecule has 0 saturated heterocycles. The Bertz CT molecular complexity index is 817. The molecule has 2 aromatic rings. The molecule has 0 saturated carbocycles. The first kappa shape index (κ1) is 18.1. The molecule has 2 aliphatic heterocycles.